The van der Waals surface area contributed by atoms with Gasteiger partial charge in [-0.15, -0.1) is 11.3 Å². The lowest BCUT2D eigenvalue weighted by molar-refractivity contribution is -0.136. The normalized spacial score (nSPS) is 20.2. The number of anilines is 1. The molecule has 0 aliphatic carbocycles. The smallest absolute Gasteiger partial charge is 0.363 e. The van der Waals surface area contributed by atoms with Gasteiger partial charge in [-0.25, -0.2) is 4.79 Å². The van der Waals surface area contributed by atoms with Gasteiger partial charge in [-0.3, -0.25) is 4.79 Å². The summed E-state index contributed by atoms with van der Waals surface area (Å²) in [4.78, 5) is 29.9. The van der Waals surface area contributed by atoms with Gasteiger partial charge in [-0.1, -0.05) is 11.2 Å². The predicted molar refractivity (Wildman–Crippen MR) is 86.8 cm³/mol. The van der Waals surface area contributed by atoms with Gasteiger partial charge in [0.2, 0.25) is 0 Å². The molecule has 0 saturated carbocycles. The molecular formula is C16H15F3N2O3S. The molecule has 1 aromatic heterocycles. The Balaban J connectivity index is 1.60. The molecule has 134 valence electrons. The van der Waals surface area contributed by atoms with Gasteiger partial charge in [0.25, 0.3) is 0 Å². The number of allylic oxidation sites excluding steroid dienone is 1. The molecule has 0 atom stereocenters. The maximum Gasteiger partial charge on any atom is 0.437 e. The quantitative estimate of drug-likeness (QED) is 0.601. The molecule has 0 spiro atoms. The van der Waals surface area contributed by atoms with Gasteiger partial charge in [-0.2, -0.15) is 13.2 Å². The molecule has 3 rings (SSSR count). The fourth-order valence-electron chi connectivity index (χ4n) is 2.67. The summed E-state index contributed by atoms with van der Waals surface area (Å²) in [5.41, 5.74) is -1.80. The summed E-state index contributed by atoms with van der Waals surface area (Å²) in [7, 11) is 0. The SMILES string of the molecule is O=C1CCN(c2ccc(CC/C=C3\C(=O)ON=C3C(F)(F)F)s2)CC1. The van der Waals surface area contributed by atoms with Gasteiger partial charge < -0.3 is 9.74 Å². The molecule has 0 aromatic carbocycles. The molecule has 0 radical (unpaired) electrons. The van der Waals surface area contributed by atoms with Gasteiger partial charge in [0.1, 0.15) is 5.78 Å². The van der Waals surface area contributed by atoms with Crippen molar-refractivity contribution in [3.8, 4) is 0 Å². The van der Waals surface area contributed by atoms with Crippen LogP contribution < -0.4 is 4.90 Å². The third kappa shape index (κ3) is 4.09. The second-order valence-electron chi connectivity index (χ2n) is 5.74. The highest BCUT2D eigenvalue weighted by atomic mass is 32.1. The minimum absolute atomic E-state index is 0.269. The number of alkyl halides is 3. The second-order valence-corrected chi connectivity index (χ2v) is 6.89. The predicted octanol–water partition coefficient (Wildman–Crippen LogP) is 3.25. The highest BCUT2D eigenvalue weighted by Crippen LogP contribution is 2.30. The Morgan fingerprint density at radius 1 is 1.24 bits per heavy atom. The standard InChI is InChI=1S/C16H15F3N2O3S/c17-16(18,19)14-12(15(23)24-20-14)3-1-2-11-4-5-13(25-11)21-8-6-10(22)7-9-21/h3-5H,1-2,6-9H2/b12-3-. The zero-order valence-corrected chi connectivity index (χ0v) is 14.0. The number of thiophene rings is 1. The van der Waals surface area contributed by atoms with E-state index in [-0.39, 0.29) is 12.2 Å². The average Bonchev–Trinajstić information content (AvgIpc) is 3.15. The maximum absolute atomic E-state index is 12.7. The lowest BCUT2D eigenvalue weighted by Gasteiger charge is -2.26. The molecule has 2 aliphatic heterocycles. The van der Waals surface area contributed by atoms with Gasteiger partial charge in [0.15, 0.2) is 5.71 Å². The molecule has 25 heavy (non-hydrogen) atoms. The number of hydrogen-bond acceptors (Lipinski definition) is 6. The molecule has 0 bridgehead atoms. The molecule has 1 saturated heterocycles. The van der Waals surface area contributed by atoms with E-state index in [1.54, 1.807) is 11.3 Å². The molecule has 0 amide bonds. The van der Waals surface area contributed by atoms with Crippen molar-refractivity contribution in [2.75, 3.05) is 18.0 Å². The molecule has 3 heterocycles. The summed E-state index contributed by atoms with van der Waals surface area (Å²) in [6, 6.07) is 3.87. The van der Waals surface area contributed by atoms with E-state index < -0.39 is 23.4 Å². The minimum Gasteiger partial charge on any atom is -0.363 e. The number of Topliss-reactive ketones (excluding diaryl/α,β-unsaturated/α-hetero) is 1. The van der Waals surface area contributed by atoms with E-state index in [9.17, 15) is 22.8 Å². The van der Waals surface area contributed by atoms with Gasteiger partial charge >= 0.3 is 12.1 Å². The summed E-state index contributed by atoms with van der Waals surface area (Å²) in [5.74, 6) is -0.803. The molecular weight excluding hydrogens is 357 g/mol. The lowest BCUT2D eigenvalue weighted by atomic mass is 10.1. The first-order valence-corrected chi connectivity index (χ1v) is 8.58. The van der Waals surface area contributed by atoms with Crippen LogP contribution in [0.15, 0.2) is 28.9 Å². The molecule has 1 aromatic rings. The van der Waals surface area contributed by atoms with Crippen LogP contribution in [0.3, 0.4) is 0 Å². The van der Waals surface area contributed by atoms with Crippen LogP contribution in [-0.2, 0) is 20.8 Å². The number of carbonyl (C=O) groups excluding carboxylic acids is 2. The molecule has 9 heteroatoms. The van der Waals surface area contributed by atoms with Crippen LogP contribution in [0.5, 0.6) is 0 Å². The van der Waals surface area contributed by atoms with Crippen molar-refractivity contribution in [2.45, 2.75) is 31.9 Å². The molecule has 0 unspecified atom stereocenters. The first-order valence-electron chi connectivity index (χ1n) is 7.77. The monoisotopic (exact) mass is 372 g/mol. The van der Waals surface area contributed by atoms with E-state index in [1.165, 1.54) is 6.08 Å². The van der Waals surface area contributed by atoms with E-state index in [1.807, 2.05) is 12.1 Å². The number of halogens is 3. The highest BCUT2D eigenvalue weighted by molar-refractivity contribution is 7.16. The van der Waals surface area contributed by atoms with Crippen molar-refractivity contribution < 1.29 is 27.6 Å². The van der Waals surface area contributed by atoms with Crippen molar-refractivity contribution in [2.24, 2.45) is 5.16 Å². The summed E-state index contributed by atoms with van der Waals surface area (Å²) in [5, 5.41) is 3.86. The van der Waals surface area contributed by atoms with Crippen LogP contribution in [0.1, 0.15) is 24.1 Å². The highest BCUT2D eigenvalue weighted by Gasteiger charge is 2.45. The number of oxime groups is 1. The van der Waals surface area contributed by atoms with Crippen LogP contribution in [0, 0.1) is 0 Å². The van der Waals surface area contributed by atoms with Crippen molar-refractivity contribution in [3.63, 3.8) is 0 Å². The lowest BCUT2D eigenvalue weighted by Crippen LogP contribution is -2.33. The van der Waals surface area contributed by atoms with Crippen molar-refractivity contribution >= 4 is 33.8 Å². The molecule has 2 aliphatic rings. The van der Waals surface area contributed by atoms with Gasteiger partial charge in [0.05, 0.1) is 10.6 Å². The number of ketones is 1. The number of piperidine rings is 1. The van der Waals surface area contributed by atoms with E-state index in [4.69, 9.17) is 0 Å². The van der Waals surface area contributed by atoms with Crippen molar-refractivity contribution in [1.82, 2.24) is 0 Å². The summed E-state index contributed by atoms with van der Waals surface area (Å²) in [6.45, 7) is 1.39. The van der Waals surface area contributed by atoms with Crippen LogP contribution in [-0.4, -0.2) is 36.7 Å². The Morgan fingerprint density at radius 2 is 1.96 bits per heavy atom. The fourth-order valence-corrected chi connectivity index (χ4v) is 3.75. The summed E-state index contributed by atoms with van der Waals surface area (Å²) >= 11 is 1.55. The van der Waals surface area contributed by atoms with E-state index in [2.05, 4.69) is 14.9 Å². The molecule has 0 N–H and O–H groups in total. The van der Waals surface area contributed by atoms with Crippen LogP contribution in [0.4, 0.5) is 18.2 Å². The average molecular weight is 372 g/mol. The Morgan fingerprint density at radius 3 is 2.64 bits per heavy atom. The first-order chi connectivity index (χ1) is 11.8. The zero-order valence-electron chi connectivity index (χ0n) is 13.1. The zero-order chi connectivity index (χ0) is 18.0. The Kier molecular flexibility index (Phi) is 4.94. The number of rotatable bonds is 4. The first kappa shape index (κ1) is 17.7. The van der Waals surface area contributed by atoms with Crippen molar-refractivity contribution in [1.29, 1.82) is 0 Å². The summed E-state index contributed by atoms with van der Waals surface area (Å²) < 4.78 is 38.2. The van der Waals surface area contributed by atoms with Crippen LogP contribution >= 0.6 is 11.3 Å². The number of nitrogens with zero attached hydrogens (tertiary/aromatic N) is 2. The summed E-state index contributed by atoms with van der Waals surface area (Å²) in [6.07, 6.45) is -1.61. The van der Waals surface area contributed by atoms with E-state index >= 15 is 0 Å². The number of carbonyl (C=O) groups is 2. The topological polar surface area (TPSA) is 59.0 Å². The third-order valence-electron chi connectivity index (χ3n) is 3.98. The van der Waals surface area contributed by atoms with Gasteiger partial charge in [-0.05, 0) is 25.0 Å². The largest absolute Gasteiger partial charge is 0.437 e. The maximum atomic E-state index is 12.7. The Labute approximate surface area is 145 Å². The minimum atomic E-state index is -4.71. The Hall–Kier alpha value is -2.16. The van der Waals surface area contributed by atoms with Crippen molar-refractivity contribution in [3.05, 3.63) is 28.7 Å². The number of hydrogen-bond donors (Lipinski definition) is 0. The molecule has 5 nitrogen and oxygen atoms in total. The molecule has 1 fully saturated rings. The third-order valence-corrected chi connectivity index (χ3v) is 5.19. The van der Waals surface area contributed by atoms with E-state index in [0.29, 0.717) is 32.4 Å². The Bertz CT molecular complexity index is 742. The second kappa shape index (κ2) is 6.99. The number of aryl methyl sites for hydroxylation is 1. The van der Waals surface area contributed by atoms with E-state index in [0.717, 1.165) is 9.88 Å². The van der Waals surface area contributed by atoms with Crippen LogP contribution in [0.25, 0.3) is 0 Å². The van der Waals surface area contributed by atoms with Gasteiger partial charge in [0, 0.05) is 30.8 Å². The fraction of sp³-hybridized carbons (Fsp3) is 0.438. The van der Waals surface area contributed by atoms with Crippen LogP contribution in [0.2, 0.25) is 0 Å².